The third-order valence-electron chi connectivity index (χ3n) is 7.36. The molecule has 0 atom stereocenters. The minimum absolute atomic E-state index is 0.0527. The van der Waals surface area contributed by atoms with Crippen LogP contribution in [-0.2, 0) is 33.4 Å². The van der Waals surface area contributed by atoms with Crippen LogP contribution in [0.15, 0.2) is 0 Å². The van der Waals surface area contributed by atoms with E-state index in [4.69, 9.17) is 9.47 Å². The largest absolute Gasteiger partial charge is 0.466 e. The molecule has 2 rings (SSSR count). The van der Waals surface area contributed by atoms with E-state index in [0.29, 0.717) is 71.0 Å². The summed E-state index contributed by atoms with van der Waals surface area (Å²) in [6.45, 7) is 1.87. The van der Waals surface area contributed by atoms with E-state index in [-0.39, 0.29) is 55.3 Å². The van der Waals surface area contributed by atoms with Crippen LogP contribution in [0.4, 0.5) is 4.79 Å². The first-order valence-corrected chi connectivity index (χ1v) is 15.6. The van der Waals surface area contributed by atoms with Crippen LogP contribution in [0.3, 0.4) is 0 Å². The molecule has 0 aromatic carbocycles. The summed E-state index contributed by atoms with van der Waals surface area (Å²) in [7, 11) is 0. The molecule has 0 spiro atoms. The van der Waals surface area contributed by atoms with Crippen molar-refractivity contribution in [1.82, 2.24) is 15.1 Å². The van der Waals surface area contributed by atoms with Gasteiger partial charge in [0.15, 0.2) is 0 Å². The maximum atomic E-state index is 12.3. The highest BCUT2D eigenvalue weighted by Crippen LogP contribution is 2.15. The summed E-state index contributed by atoms with van der Waals surface area (Å²) >= 11 is 0. The molecule has 232 valence electrons. The fraction of sp³-hybridized carbons (Fsp3) is 0.800. The summed E-state index contributed by atoms with van der Waals surface area (Å²) in [6, 6.07) is -0.330. The molecule has 2 fully saturated rings. The van der Waals surface area contributed by atoms with Crippen molar-refractivity contribution in [3.05, 3.63) is 0 Å². The molecule has 0 aliphatic carbocycles. The average Bonchev–Trinajstić information content (AvgIpc) is 3.31. The Labute approximate surface area is 244 Å². The molecule has 0 saturated carbocycles. The first-order valence-electron chi connectivity index (χ1n) is 15.6. The summed E-state index contributed by atoms with van der Waals surface area (Å²) in [5.41, 5.74) is 0. The molecule has 2 heterocycles. The first kappa shape index (κ1) is 34.2. The predicted molar refractivity (Wildman–Crippen MR) is 151 cm³/mol. The number of nitrogens with zero attached hydrogens (tertiary/aromatic N) is 2. The van der Waals surface area contributed by atoms with Gasteiger partial charge < -0.3 is 14.8 Å². The maximum Gasteiger partial charge on any atom is 0.324 e. The molecule has 2 saturated heterocycles. The summed E-state index contributed by atoms with van der Waals surface area (Å²) in [4.78, 5) is 74.8. The van der Waals surface area contributed by atoms with Gasteiger partial charge in [-0.2, -0.15) is 0 Å². The monoisotopic (exact) mass is 579 g/mol. The molecule has 11 heteroatoms. The molecule has 0 radical (unpaired) electrons. The van der Waals surface area contributed by atoms with E-state index in [1.807, 2.05) is 0 Å². The number of amides is 5. The number of carbonyl (C=O) groups is 6. The van der Waals surface area contributed by atoms with Crippen molar-refractivity contribution in [2.45, 2.75) is 122 Å². The molecule has 0 aromatic rings. The Morgan fingerprint density at radius 3 is 1.71 bits per heavy atom. The molecule has 41 heavy (non-hydrogen) atoms. The van der Waals surface area contributed by atoms with Crippen LogP contribution in [-0.4, -0.2) is 78.3 Å². The zero-order valence-corrected chi connectivity index (χ0v) is 24.6. The van der Waals surface area contributed by atoms with E-state index >= 15 is 0 Å². The third-order valence-corrected chi connectivity index (χ3v) is 7.36. The maximum absolute atomic E-state index is 12.3. The fourth-order valence-corrected chi connectivity index (χ4v) is 4.91. The SMILES string of the molecule is O=C(CCCCCCC(=O)N1CCCCCC1=O)OCCCOC(=O)CCCCCNC(=O)N1CCCCCC1=O. The molecular formula is C30H49N3O8. The predicted octanol–water partition coefficient (Wildman–Crippen LogP) is 4.41. The molecule has 2 aliphatic rings. The first-order chi connectivity index (χ1) is 19.9. The average molecular weight is 580 g/mol. The van der Waals surface area contributed by atoms with Crippen molar-refractivity contribution in [2.75, 3.05) is 32.8 Å². The van der Waals surface area contributed by atoms with Crippen molar-refractivity contribution in [3.8, 4) is 0 Å². The van der Waals surface area contributed by atoms with Crippen LogP contribution in [0.2, 0.25) is 0 Å². The number of esters is 2. The minimum atomic E-state index is -0.330. The molecule has 0 aromatic heterocycles. The Bertz CT molecular complexity index is 795. The van der Waals surface area contributed by atoms with Crippen molar-refractivity contribution in [3.63, 3.8) is 0 Å². The smallest absolute Gasteiger partial charge is 0.324 e. The number of nitrogens with one attached hydrogen (secondary N) is 1. The van der Waals surface area contributed by atoms with Crippen LogP contribution in [0.1, 0.15) is 122 Å². The molecule has 11 nitrogen and oxygen atoms in total. The van der Waals surface area contributed by atoms with Crippen molar-refractivity contribution in [2.24, 2.45) is 0 Å². The second kappa shape index (κ2) is 20.8. The molecule has 2 aliphatic heterocycles. The third kappa shape index (κ3) is 15.0. The lowest BCUT2D eigenvalue weighted by atomic mass is 10.1. The Balaban J connectivity index is 1.36. The van der Waals surface area contributed by atoms with Gasteiger partial charge in [0.1, 0.15) is 0 Å². The van der Waals surface area contributed by atoms with Gasteiger partial charge in [-0.25, -0.2) is 4.79 Å². The summed E-state index contributed by atoms with van der Waals surface area (Å²) in [5.74, 6) is -0.828. The number of carbonyl (C=O) groups excluding carboxylic acids is 6. The number of urea groups is 1. The number of likely N-dealkylation sites (tertiary alicyclic amines) is 2. The Hall–Kier alpha value is -2.98. The zero-order valence-electron chi connectivity index (χ0n) is 24.6. The number of hydrogen-bond acceptors (Lipinski definition) is 8. The van der Waals surface area contributed by atoms with E-state index in [1.165, 1.54) is 9.80 Å². The highest BCUT2D eigenvalue weighted by molar-refractivity contribution is 5.95. The van der Waals surface area contributed by atoms with Gasteiger partial charge in [-0.1, -0.05) is 32.1 Å². The number of unbranched alkanes of at least 4 members (excludes halogenated alkanes) is 5. The number of ether oxygens (including phenoxy) is 2. The molecule has 1 N–H and O–H groups in total. The normalized spacial score (nSPS) is 16.1. The van der Waals surface area contributed by atoms with Crippen LogP contribution in [0.5, 0.6) is 0 Å². The molecule has 0 unspecified atom stereocenters. The van der Waals surface area contributed by atoms with E-state index in [1.54, 1.807) is 0 Å². The van der Waals surface area contributed by atoms with Crippen LogP contribution in [0.25, 0.3) is 0 Å². The van der Waals surface area contributed by atoms with Gasteiger partial charge >= 0.3 is 18.0 Å². The van der Waals surface area contributed by atoms with E-state index in [2.05, 4.69) is 5.32 Å². The molecule has 0 bridgehead atoms. The van der Waals surface area contributed by atoms with Gasteiger partial charge in [0.05, 0.1) is 13.2 Å². The second-order valence-corrected chi connectivity index (χ2v) is 10.9. The topological polar surface area (TPSA) is 139 Å². The zero-order chi connectivity index (χ0) is 29.7. The van der Waals surface area contributed by atoms with Gasteiger partial charge in [-0.15, -0.1) is 0 Å². The lowest BCUT2D eigenvalue weighted by Gasteiger charge is -2.18. The lowest BCUT2D eigenvalue weighted by molar-refractivity contribution is -0.147. The van der Waals surface area contributed by atoms with Gasteiger partial charge in [-0.3, -0.25) is 33.8 Å². The van der Waals surface area contributed by atoms with E-state index in [0.717, 1.165) is 64.2 Å². The summed E-state index contributed by atoms with van der Waals surface area (Å²) in [5, 5.41) is 2.78. The van der Waals surface area contributed by atoms with Crippen molar-refractivity contribution < 1.29 is 38.2 Å². The van der Waals surface area contributed by atoms with Crippen LogP contribution < -0.4 is 5.32 Å². The summed E-state index contributed by atoms with van der Waals surface area (Å²) in [6.07, 6.45) is 12.9. The standard InChI is InChI=1S/C30H49N3O8/c34-25(32-21-12-4-7-16-26(32)35)15-6-1-2-9-18-28(37)40-23-14-24-41-29(38)19-10-3-11-20-31-30(39)33-22-13-5-8-17-27(33)36/h1-24H2,(H,31,39). The Morgan fingerprint density at radius 2 is 1.10 bits per heavy atom. The fourth-order valence-electron chi connectivity index (χ4n) is 4.91. The van der Waals surface area contributed by atoms with Crippen LogP contribution in [0, 0.1) is 0 Å². The highest BCUT2D eigenvalue weighted by atomic mass is 16.5. The van der Waals surface area contributed by atoms with Gasteiger partial charge in [0.2, 0.25) is 17.7 Å². The van der Waals surface area contributed by atoms with Crippen molar-refractivity contribution >= 4 is 35.7 Å². The van der Waals surface area contributed by atoms with E-state index in [9.17, 15) is 28.8 Å². The lowest BCUT2D eigenvalue weighted by Crippen LogP contribution is -2.43. The van der Waals surface area contributed by atoms with Gasteiger partial charge in [0, 0.05) is 58.2 Å². The highest BCUT2D eigenvalue weighted by Gasteiger charge is 2.23. The summed E-state index contributed by atoms with van der Waals surface area (Å²) < 4.78 is 10.4. The Morgan fingerprint density at radius 1 is 0.585 bits per heavy atom. The molecular weight excluding hydrogens is 530 g/mol. The van der Waals surface area contributed by atoms with Crippen molar-refractivity contribution in [1.29, 1.82) is 0 Å². The second-order valence-electron chi connectivity index (χ2n) is 10.9. The number of rotatable bonds is 17. The number of hydrogen-bond donors (Lipinski definition) is 1. The van der Waals surface area contributed by atoms with Gasteiger partial charge in [0.25, 0.3) is 0 Å². The number of imide groups is 2. The minimum Gasteiger partial charge on any atom is -0.466 e. The quantitative estimate of drug-likeness (QED) is 0.198. The Kier molecular flexibility index (Phi) is 17.4. The van der Waals surface area contributed by atoms with Crippen LogP contribution >= 0.6 is 0 Å². The van der Waals surface area contributed by atoms with E-state index < -0.39 is 0 Å². The molecule has 5 amide bonds. The van der Waals surface area contributed by atoms with Gasteiger partial charge in [-0.05, 0) is 51.4 Å².